The van der Waals surface area contributed by atoms with Crippen LogP contribution in [0.25, 0.3) is 21.8 Å². The number of aromatic nitrogens is 2. The summed E-state index contributed by atoms with van der Waals surface area (Å²) in [5.41, 5.74) is 1.52. The lowest BCUT2D eigenvalue weighted by molar-refractivity contribution is 0.0454. The van der Waals surface area contributed by atoms with Crippen LogP contribution >= 0.6 is 31.9 Å². The molecular weight excluding hydrogens is 608 g/mol. The van der Waals surface area contributed by atoms with Gasteiger partial charge in [-0.15, -0.1) is 0 Å². The van der Waals surface area contributed by atoms with Crippen LogP contribution in [0.15, 0.2) is 57.5 Å². The number of carbonyl (C=O) groups excluding carboxylic acids is 3. The maximum absolute atomic E-state index is 12.5. The minimum absolute atomic E-state index is 0.157. The molecule has 0 bridgehead atoms. The average Bonchev–Trinajstić information content (AvgIpc) is 3.39. The molecule has 0 radical (unpaired) electrons. The number of hydrogen-bond donors (Lipinski definition) is 1. The highest BCUT2D eigenvalue weighted by Crippen LogP contribution is 2.26. The summed E-state index contributed by atoms with van der Waals surface area (Å²) >= 11 is 6.76. The van der Waals surface area contributed by atoms with E-state index in [2.05, 4.69) is 36.8 Å². The van der Waals surface area contributed by atoms with Crippen LogP contribution in [0.2, 0.25) is 0 Å². The summed E-state index contributed by atoms with van der Waals surface area (Å²) in [5, 5.41) is 1.75. The third-order valence-electron chi connectivity index (χ3n) is 4.90. The Hall–Kier alpha value is -3.11. The molecular formula is C27H28Br2N2O6. The molecule has 196 valence electrons. The number of fused-ring (bicyclic) bond motifs is 2. The summed E-state index contributed by atoms with van der Waals surface area (Å²) < 4.78 is 18.4. The number of hydrogen-bond acceptors (Lipinski definition) is 6. The second-order valence-electron chi connectivity index (χ2n) is 8.90. The first kappa shape index (κ1) is 28.5. The first-order valence-corrected chi connectivity index (χ1v) is 13.2. The number of carbonyl (C=O) groups is 3. The van der Waals surface area contributed by atoms with Crippen molar-refractivity contribution in [2.24, 2.45) is 0 Å². The average molecular weight is 636 g/mol. The SMILES string of the molecule is CCOC(=O)c1cc2cc(Br)ccc2[nH]1.CCOC(=O)c1cc2cc(Br)ccc2n1C(=O)OC(C)(C)C. The van der Waals surface area contributed by atoms with E-state index in [0.717, 1.165) is 25.2 Å². The Morgan fingerprint density at radius 2 is 1.43 bits per heavy atom. The van der Waals surface area contributed by atoms with E-state index in [9.17, 15) is 14.4 Å². The minimum Gasteiger partial charge on any atom is -0.461 e. The van der Waals surface area contributed by atoms with E-state index in [1.165, 1.54) is 4.57 Å². The van der Waals surface area contributed by atoms with E-state index in [0.29, 0.717) is 17.8 Å². The van der Waals surface area contributed by atoms with Crippen molar-refractivity contribution in [3.05, 3.63) is 68.9 Å². The van der Waals surface area contributed by atoms with Crippen LogP contribution in [-0.2, 0) is 14.2 Å². The van der Waals surface area contributed by atoms with E-state index < -0.39 is 17.7 Å². The van der Waals surface area contributed by atoms with Crippen molar-refractivity contribution in [1.82, 2.24) is 9.55 Å². The van der Waals surface area contributed by atoms with Crippen LogP contribution in [0.4, 0.5) is 4.79 Å². The van der Waals surface area contributed by atoms with Gasteiger partial charge in [0.1, 0.15) is 17.0 Å². The van der Waals surface area contributed by atoms with Crippen molar-refractivity contribution in [3.8, 4) is 0 Å². The smallest absolute Gasteiger partial charge is 0.419 e. The predicted octanol–water partition coefficient (Wildman–Crippen LogP) is 7.47. The molecule has 10 heteroatoms. The molecule has 2 heterocycles. The molecule has 4 aromatic rings. The molecule has 0 saturated carbocycles. The number of ether oxygens (including phenoxy) is 3. The molecule has 2 aromatic heterocycles. The Bertz CT molecular complexity index is 1450. The molecule has 0 aliphatic carbocycles. The van der Waals surface area contributed by atoms with E-state index in [1.807, 2.05) is 24.3 Å². The normalized spacial score (nSPS) is 11.1. The van der Waals surface area contributed by atoms with Crippen LogP contribution in [0.3, 0.4) is 0 Å². The van der Waals surface area contributed by atoms with E-state index in [1.54, 1.807) is 58.9 Å². The molecule has 0 amide bonds. The first-order valence-electron chi connectivity index (χ1n) is 11.6. The summed E-state index contributed by atoms with van der Waals surface area (Å²) in [7, 11) is 0. The Morgan fingerprint density at radius 1 is 0.838 bits per heavy atom. The molecule has 2 aromatic carbocycles. The van der Waals surface area contributed by atoms with Gasteiger partial charge in [0.25, 0.3) is 0 Å². The summed E-state index contributed by atoms with van der Waals surface area (Å²) in [6.07, 6.45) is -0.604. The largest absolute Gasteiger partial charge is 0.461 e. The number of rotatable bonds is 4. The fraction of sp³-hybridized carbons (Fsp3) is 0.296. The third kappa shape index (κ3) is 7.23. The number of nitrogens with one attached hydrogen (secondary N) is 1. The van der Waals surface area contributed by atoms with E-state index in [-0.39, 0.29) is 18.3 Å². The van der Waals surface area contributed by atoms with Gasteiger partial charge < -0.3 is 19.2 Å². The van der Waals surface area contributed by atoms with Crippen molar-refractivity contribution in [2.75, 3.05) is 13.2 Å². The molecule has 0 unspecified atom stereocenters. The molecule has 1 N–H and O–H groups in total. The number of esters is 2. The molecule has 4 rings (SSSR count). The molecule has 0 spiro atoms. The second kappa shape index (κ2) is 12.0. The van der Waals surface area contributed by atoms with Crippen LogP contribution in [-0.4, -0.2) is 46.4 Å². The Balaban J connectivity index is 0.000000220. The first-order chi connectivity index (χ1) is 17.4. The molecule has 37 heavy (non-hydrogen) atoms. The number of halogens is 2. The molecule has 8 nitrogen and oxygen atoms in total. The van der Waals surface area contributed by atoms with Gasteiger partial charge in [0.05, 0.1) is 18.7 Å². The third-order valence-corrected chi connectivity index (χ3v) is 5.89. The van der Waals surface area contributed by atoms with Gasteiger partial charge in [-0.2, -0.15) is 0 Å². The van der Waals surface area contributed by atoms with Crippen LogP contribution in [0.1, 0.15) is 55.6 Å². The monoisotopic (exact) mass is 634 g/mol. The summed E-state index contributed by atoms with van der Waals surface area (Å²) in [6, 6.07) is 14.6. The zero-order valence-corrected chi connectivity index (χ0v) is 24.4. The molecule has 0 fully saturated rings. The second-order valence-corrected chi connectivity index (χ2v) is 10.7. The van der Waals surface area contributed by atoms with Crippen molar-refractivity contribution >= 4 is 71.7 Å². The topological polar surface area (TPSA) is 99.6 Å². The maximum Gasteiger partial charge on any atom is 0.419 e. The van der Waals surface area contributed by atoms with Crippen molar-refractivity contribution < 1.29 is 28.6 Å². The summed E-state index contributed by atoms with van der Waals surface area (Å²) in [6.45, 7) is 9.45. The highest BCUT2D eigenvalue weighted by Gasteiger charge is 2.25. The van der Waals surface area contributed by atoms with Gasteiger partial charge in [-0.3, -0.25) is 0 Å². The lowest BCUT2D eigenvalue weighted by Crippen LogP contribution is -2.29. The summed E-state index contributed by atoms with van der Waals surface area (Å²) in [5.74, 6) is -0.870. The number of H-pyrrole nitrogens is 1. The zero-order chi connectivity index (χ0) is 27.3. The lowest BCUT2D eigenvalue weighted by atomic mass is 10.2. The Labute approximate surface area is 231 Å². The van der Waals surface area contributed by atoms with Gasteiger partial charge in [0, 0.05) is 25.2 Å². The van der Waals surface area contributed by atoms with Gasteiger partial charge in [-0.05, 0) is 83.1 Å². The number of aromatic amines is 1. The Kier molecular flexibility index (Phi) is 9.20. The van der Waals surface area contributed by atoms with Gasteiger partial charge in [0.15, 0.2) is 0 Å². The van der Waals surface area contributed by atoms with Crippen LogP contribution in [0.5, 0.6) is 0 Å². The molecule has 0 aliphatic heterocycles. The highest BCUT2D eigenvalue weighted by atomic mass is 79.9. The van der Waals surface area contributed by atoms with Gasteiger partial charge in [0.2, 0.25) is 0 Å². The van der Waals surface area contributed by atoms with Gasteiger partial charge >= 0.3 is 18.0 Å². The van der Waals surface area contributed by atoms with Crippen molar-refractivity contribution in [2.45, 2.75) is 40.2 Å². The fourth-order valence-electron chi connectivity index (χ4n) is 3.47. The zero-order valence-electron chi connectivity index (χ0n) is 21.2. The minimum atomic E-state index is -0.658. The van der Waals surface area contributed by atoms with Crippen LogP contribution in [0, 0.1) is 0 Å². The van der Waals surface area contributed by atoms with Crippen molar-refractivity contribution in [1.29, 1.82) is 0 Å². The molecule has 0 atom stereocenters. The fourth-order valence-corrected chi connectivity index (χ4v) is 4.23. The van der Waals surface area contributed by atoms with Crippen LogP contribution < -0.4 is 0 Å². The van der Waals surface area contributed by atoms with Crippen molar-refractivity contribution in [3.63, 3.8) is 0 Å². The summed E-state index contributed by atoms with van der Waals surface area (Å²) in [4.78, 5) is 39.0. The highest BCUT2D eigenvalue weighted by molar-refractivity contribution is 9.10. The van der Waals surface area contributed by atoms with Gasteiger partial charge in [-0.25, -0.2) is 19.0 Å². The van der Waals surface area contributed by atoms with E-state index in [4.69, 9.17) is 14.2 Å². The predicted molar refractivity (Wildman–Crippen MR) is 149 cm³/mol. The quantitative estimate of drug-likeness (QED) is 0.184. The molecule has 0 aliphatic rings. The number of nitrogens with zero attached hydrogens (tertiary/aromatic N) is 1. The Morgan fingerprint density at radius 3 is 2.05 bits per heavy atom. The molecule has 0 saturated heterocycles. The van der Waals surface area contributed by atoms with Gasteiger partial charge in [-0.1, -0.05) is 31.9 Å². The standard InChI is InChI=1S/C16H18BrNO4.C11H10BrNO2/c1-5-21-14(19)13-9-10-8-11(17)6-7-12(10)18(13)15(20)22-16(2,3)4;1-2-15-11(14)10-6-7-5-8(12)3-4-9(7)13-10/h6-9H,5H2,1-4H3;3-6,13H,2H2,1H3. The lowest BCUT2D eigenvalue weighted by Gasteiger charge is -2.20. The maximum atomic E-state index is 12.5. The number of benzene rings is 2. The van der Waals surface area contributed by atoms with E-state index >= 15 is 0 Å².